The first-order valence-electron chi connectivity index (χ1n) is 6.48. The van der Waals surface area contributed by atoms with Crippen molar-refractivity contribution < 1.29 is 4.21 Å². The predicted octanol–water partition coefficient (Wildman–Crippen LogP) is 2.36. The van der Waals surface area contributed by atoms with Gasteiger partial charge < -0.3 is 5.32 Å². The van der Waals surface area contributed by atoms with Crippen LogP contribution in [0.4, 0.5) is 5.82 Å². The summed E-state index contributed by atoms with van der Waals surface area (Å²) >= 11 is 1.79. The third-order valence-corrected chi connectivity index (χ3v) is 6.12. The summed E-state index contributed by atoms with van der Waals surface area (Å²) < 4.78 is 11.4. The number of nitrogens with zero attached hydrogens (tertiary/aromatic N) is 2. The fourth-order valence-electron chi connectivity index (χ4n) is 2.42. The highest BCUT2D eigenvalue weighted by atomic mass is 32.2. The second-order valence-corrected chi connectivity index (χ2v) is 7.84. The molecule has 1 aliphatic carbocycles. The van der Waals surface area contributed by atoms with Crippen LogP contribution in [-0.4, -0.2) is 32.2 Å². The van der Waals surface area contributed by atoms with Crippen LogP contribution >= 0.6 is 11.3 Å². The molecule has 0 aromatic carbocycles. The van der Waals surface area contributed by atoms with Crippen molar-refractivity contribution in [1.29, 1.82) is 0 Å². The molecule has 2 aromatic rings. The molecule has 3 rings (SSSR count). The molecule has 102 valence electrons. The van der Waals surface area contributed by atoms with Crippen LogP contribution in [0.1, 0.15) is 23.8 Å². The van der Waals surface area contributed by atoms with E-state index in [0.29, 0.717) is 6.54 Å². The smallest absolute Gasteiger partial charge is 0.138 e. The van der Waals surface area contributed by atoms with Crippen LogP contribution in [-0.2, 0) is 23.6 Å². The summed E-state index contributed by atoms with van der Waals surface area (Å²) in [5.74, 6) is 0.904. The lowest BCUT2D eigenvalue weighted by Gasteiger charge is -2.11. The van der Waals surface area contributed by atoms with Gasteiger partial charge in [0.2, 0.25) is 0 Å². The minimum Gasteiger partial charge on any atom is -0.368 e. The van der Waals surface area contributed by atoms with Gasteiger partial charge >= 0.3 is 0 Å². The number of rotatable bonds is 4. The third-order valence-electron chi connectivity index (χ3n) is 3.62. The Morgan fingerprint density at radius 3 is 3.11 bits per heavy atom. The third kappa shape index (κ3) is 2.39. The number of fused-ring (bicyclic) bond motifs is 3. The van der Waals surface area contributed by atoms with Crippen molar-refractivity contribution in [2.45, 2.75) is 31.4 Å². The first kappa shape index (κ1) is 13.0. The molecule has 4 nitrogen and oxygen atoms in total. The van der Waals surface area contributed by atoms with Gasteiger partial charge in [0.1, 0.15) is 17.0 Å². The van der Waals surface area contributed by atoms with Crippen LogP contribution < -0.4 is 5.32 Å². The molecule has 0 radical (unpaired) electrons. The van der Waals surface area contributed by atoms with Gasteiger partial charge in [-0.15, -0.1) is 11.3 Å². The highest BCUT2D eigenvalue weighted by molar-refractivity contribution is 7.84. The molecule has 0 fully saturated rings. The van der Waals surface area contributed by atoms with Gasteiger partial charge in [0.05, 0.1) is 5.39 Å². The maximum Gasteiger partial charge on any atom is 0.138 e. The summed E-state index contributed by atoms with van der Waals surface area (Å²) in [6.07, 6.45) is 6.90. The average Bonchev–Trinajstić information content (AvgIpc) is 2.95. The molecule has 0 saturated heterocycles. The Morgan fingerprint density at radius 2 is 2.32 bits per heavy atom. The minimum absolute atomic E-state index is 0.122. The second kappa shape index (κ2) is 5.17. The molecule has 2 aromatic heterocycles. The Hall–Kier alpha value is -1.01. The van der Waals surface area contributed by atoms with Crippen LogP contribution in [0.15, 0.2) is 6.33 Å². The van der Waals surface area contributed by atoms with Crippen molar-refractivity contribution in [2.75, 3.05) is 18.1 Å². The van der Waals surface area contributed by atoms with Gasteiger partial charge in [0.15, 0.2) is 0 Å². The molecule has 0 unspecified atom stereocenters. The quantitative estimate of drug-likeness (QED) is 0.941. The molecule has 1 aliphatic rings. The van der Waals surface area contributed by atoms with Gasteiger partial charge in [0, 0.05) is 33.7 Å². The zero-order valence-corrected chi connectivity index (χ0v) is 12.7. The van der Waals surface area contributed by atoms with Gasteiger partial charge in [-0.1, -0.05) is 0 Å². The summed E-state index contributed by atoms with van der Waals surface area (Å²) in [5, 5.41) is 4.66. The van der Waals surface area contributed by atoms with Crippen LogP contribution in [0.3, 0.4) is 0 Å². The Balaban J connectivity index is 1.93. The Kier molecular flexibility index (Phi) is 3.54. The molecule has 0 aliphatic heterocycles. The van der Waals surface area contributed by atoms with E-state index in [-0.39, 0.29) is 5.25 Å². The topological polar surface area (TPSA) is 54.9 Å². The first-order valence-corrected chi connectivity index (χ1v) is 8.92. The van der Waals surface area contributed by atoms with Crippen LogP contribution in [0.2, 0.25) is 0 Å². The van der Waals surface area contributed by atoms with E-state index in [2.05, 4.69) is 15.3 Å². The lowest BCUT2D eigenvalue weighted by atomic mass is 10.2. The molecule has 1 N–H and O–H groups in total. The number of nitrogens with one attached hydrogen (secondary N) is 1. The normalized spacial score (nSPS) is 17.4. The van der Waals surface area contributed by atoms with Crippen molar-refractivity contribution in [1.82, 2.24) is 9.97 Å². The predicted molar refractivity (Wildman–Crippen MR) is 81.5 cm³/mol. The fraction of sp³-hybridized carbons (Fsp3) is 0.538. The minimum atomic E-state index is -0.811. The highest BCUT2D eigenvalue weighted by Gasteiger charge is 2.21. The van der Waals surface area contributed by atoms with Crippen molar-refractivity contribution in [3.8, 4) is 0 Å². The van der Waals surface area contributed by atoms with E-state index in [4.69, 9.17) is 0 Å². The zero-order valence-electron chi connectivity index (χ0n) is 11.1. The maximum atomic E-state index is 11.4. The Labute approximate surface area is 119 Å². The van der Waals surface area contributed by atoms with Crippen molar-refractivity contribution >= 4 is 38.2 Å². The maximum absolute atomic E-state index is 11.4. The monoisotopic (exact) mass is 295 g/mol. The summed E-state index contributed by atoms with van der Waals surface area (Å²) in [6.45, 7) is 2.67. The average molecular weight is 295 g/mol. The number of hydrogen-bond acceptors (Lipinski definition) is 5. The largest absolute Gasteiger partial charge is 0.368 e. The van der Waals surface area contributed by atoms with Gasteiger partial charge in [-0.2, -0.15) is 0 Å². The summed E-state index contributed by atoms with van der Waals surface area (Å²) in [6, 6.07) is 0. The van der Waals surface area contributed by atoms with Gasteiger partial charge in [-0.05, 0) is 31.7 Å². The standard InChI is InChI=1S/C13H17N3OS2/c1-8(19(2)17)6-14-12-11-9-4-3-5-10(9)18-13(11)16-7-15-12/h7-8H,3-6H2,1-2H3,(H,14,15,16)/t8-,19-/m0/s1. The molecular formula is C13H17N3OS2. The molecule has 6 heteroatoms. The number of hydrogen-bond donors (Lipinski definition) is 1. The second-order valence-electron chi connectivity index (χ2n) is 4.95. The molecule has 2 heterocycles. The van der Waals surface area contributed by atoms with E-state index in [9.17, 15) is 4.21 Å². The molecule has 2 atom stereocenters. The molecule has 0 saturated carbocycles. The lowest BCUT2D eigenvalue weighted by molar-refractivity contribution is 0.679. The Morgan fingerprint density at radius 1 is 1.47 bits per heavy atom. The van der Waals surface area contributed by atoms with Crippen LogP contribution in [0.25, 0.3) is 10.2 Å². The SMILES string of the molecule is C[C@@H](CNc1ncnc2sc3c(c12)CCC3)[S@](C)=O. The number of aromatic nitrogens is 2. The molecule has 0 bridgehead atoms. The molecule has 0 spiro atoms. The van der Waals surface area contributed by atoms with E-state index in [1.165, 1.54) is 28.7 Å². The van der Waals surface area contributed by atoms with E-state index in [1.807, 2.05) is 6.92 Å². The van der Waals surface area contributed by atoms with Gasteiger partial charge in [-0.3, -0.25) is 4.21 Å². The number of aryl methyl sites for hydroxylation is 2. The van der Waals surface area contributed by atoms with E-state index in [0.717, 1.165) is 17.1 Å². The van der Waals surface area contributed by atoms with E-state index < -0.39 is 10.8 Å². The molecular weight excluding hydrogens is 278 g/mol. The summed E-state index contributed by atoms with van der Waals surface area (Å²) in [5.41, 5.74) is 1.42. The molecule has 0 amide bonds. The van der Waals surface area contributed by atoms with Crippen LogP contribution in [0, 0.1) is 0 Å². The van der Waals surface area contributed by atoms with E-state index >= 15 is 0 Å². The van der Waals surface area contributed by atoms with Crippen molar-refractivity contribution in [3.63, 3.8) is 0 Å². The first-order chi connectivity index (χ1) is 9.16. The van der Waals surface area contributed by atoms with Crippen LogP contribution in [0.5, 0.6) is 0 Å². The van der Waals surface area contributed by atoms with Gasteiger partial charge in [0.25, 0.3) is 0 Å². The number of anilines is 1. The van der Waals surface area contributed by atoms with E-state index in [1.54, 1.807) is 23.9 Å². The summed E-state index contributed by atoms with van der Waals surface area (Å²) in [7, 11) is -0.811. The van der Waals surface area contributed by atoms with Crippen molar-refractivity contribution in [2.24, 2.45) is 0 Å². The fourth-order valence-corrected chi connectivity index (χ4v) is 3.97. The van der Waals surface area contributed by atoms with Gasteiger partial charge in [-0.25, -0.2) is 9.97 Å². The molecule has 19 heavy (non-hydrogen) atoms. The lowest BCUT2D eigenvalue weighted by Crippen LogP contribution is -2.21. The summed E-state index contributed by atoms with van der Waals surface area (Å²) in [4.78, 5) is 11.3. The zero-order chi connectivity index (χ0) is 13.4. The highest BCUT2D eigenvalue weighted by Crippen LogP contribution is 2.38. The number of thiophene rings is 1. The Bertz CT molecular complexity index is 638. The van der Waals surface area contributed by atoms with Crippen molar-refractivity contribution in [3.05, 3.63) is 16.8 Å².